The van der Waals surface area contributed by atoms with Gasteiger partial charge in [0.05, 0.1) is 12.6 Å². The van der Waals surface area contributed by atoms with Gasteiger partial charge in [0.25, 0.3) is 0 Å². The van der Waals surface area contributed by atoms with Gasteiger partial charge in [-0.1, -0.05) is 0 Å². The topological polar surface area (TPSA) is 80.0 Å². The van der Waals surface area contributed by atoms with E-state index in [1.165, 1.54) is 0 Å². The lowest BCUT2D eigenvalue weighted by Crippen LogP contribution is -2.38. The van der Waals surface area contributed by atoms with Crippen molar-refractivity contribution < 1.29 is 0 Å². The lowest BCUT2D eigenvalue weighted by Gasteiger charge is -2.05. The summed E-state index contributed by atoms with van der Waals surface area (Å²) in [4.78, 5) is 7.67. The van der Waals surface area contributed by atoms with Crippen LogP contribution in [0.3, 0.4) is 0 Å². The first-order valence-electron chi connectivity index (χ1n) is 3.62. The molecular formula is C6H16ClN5. The zero-order valence-corrected chi connectivity index (χ0v) is 8.05. The second kappa shape index (κ2) is 10.5. The van der Waals surface area contributed by atoms with Crippen LogP contribution in [0.1, 0.15) is 13.3 Å². The van der Waals surface area contributed by atoms with Crippen molar-refractivity contribution in [2.45, 2.75) is 13.3 Å². The molecule has 0 aliphatic rings. The summed E-state index contributed by atoms with van der Waals surface area (Å²) >= 11 is 0. The molecule has 12 heavy (non-hydrogen) atoms. The Labute approximate surface area is 78.9 Å². The van der Waals surface area contributed by atoms with Crippen LogP contribution in [0.5, 0.6) is 0 Å². The molecular weight excluding hydrogens is 178 g/mol. The van der Waals surface area contributed by atoms with Crippen molar-refractivity contribution in [1.82, 2.24) is 5.12 Å². The second-order valence-corrected chi connectivity index (χ2v) is 2.05. The van der Waals surface area contributed by atoms with Gasteiger partial charge in [0.15, 0.2) is 0 Å². The highest BCUT2D eigenvalue weighted by Crippen LogP contribution is 1.78. The molecule has 0 radical (unpaired) electrons. The molecule has 0 aromatic carbocycles. The third-order valence-corrected chi connectivity index (χ3v) is 0.986. The summed E-state index contributed by atoms with van der Waals surface area (Å²) in [6, 6.07) is 2.56. The molecule has 0 unspecified atom stereocenters. The Balaban J connectivity index is 0. The first-order chi connectivity index (χ1) is 5.27. The van der Waals surface area contributed by atoms with Gasteiger partial charge >= 0.3 is 0 Å². The van der Waals surface area contributed by atoms with Gasteiger partial charge in [-0.2, -0.15) is 5.12 Å². The Kier molecular flexibility index (Phi) is 12.4. The summed E-state index contributed by atoms with van der Waals surface area (Å²) in [6.45, 7) is 3.97. The smallest absolute Gasteiger partial charge is 0.0892 e. The average Bonchev–Trinajstić information content (AvgIpc) is 1.96. The minimum absolute atomic E-state index is 0. The Morgan fingerprint density at radius 3 is 2.50 bits per heavy atom. The van der Waals surface area contributed by atoms with E-state index in [4.69, 9.17) is 11.7 Å². The summed E-state index contributed by atoms with van der Waals surface area (Å²) in [6.07, 6.45) is 0.833. The predicted molar refractivity (Wildman–Crippen MR) is 52.2 cm³/mol. The van der Waals surface area contributed by atoms with Gasteiger partial charge in [-0.15, -0.1) is 12.4 Å². The number of nitrogens with zero attached hydrogens (tertiary/aromatic N) is 3. The minimum atomic E-state index is 0. The molecule has 0 heterocycles. The van der Waals surface area contributed by atoms with Gasteiger partial charge in [-0.05, 0) is 13.3 Å². The maximum atomic E-state index is 5.16. The molecule has 0 fully saturated rings. The van der Waals surface area contributed by atoms with Crippen LogP contribution in [0, 0.1) is 0 Å². The molecule has 0 saturated heterocycles. The highest BCUT2D eigenvalue weighted by Gasteiger charge is 1.87. The van der Waals surface area contributed by atoms with Gasteiger partial charge < -0.3 is 0 Å². The van der Waals surface area contributed by atoms with E-state index < -0.39 is 0 Å². The summed E-state index contributed by atoms with van der Waals surface area (Å²) in [7, 11) is 0. The standard InChI is InChI=1S/C6H15N5.ClH/c1-2-9-6-10-4-3-5-11(7)8;/h2-5,7-8H2,1H3;1H. The quantitative estimate of drug-likeness (QED) is 0.280. The molecule has 0 amide bonds. The van der Waals surface area contributed by atoms with Gasteiger partial charge in [0.2, 0.25) is 0 Å². The van der Waals surface area contributed by atoms with Crippen molar-refractivity contribution in [1.29, 1.82) is 0 Å². The van der Waals surface area contributed by atoms with E-state index in [2.05, 4.69) is 16.0 Å². The van der Waals surface area contributed by atoms with Crippen LogP contribution in [0.2, 0.25) is 0 Å². The number of halogens is 1. The van der Waals surface area contributed by atoms with Gasteiger partial charge in [0, 0.05) is 13.1 Å². The van der Waals surface area contributed by atoms with Crippen molar-refractivity contribution in [2.75, 3.05) is 19.6 Å². The molecule has 0 spiro atoms. The molecule has 5 nitrogen and oxygen atoms in total. The Morgan fingerprint density at radius 2 is 2.00 bits per heavy atom. The average molecular weight is 194 g/mol. The summed E-state index contributed by atoms with van der Waals surface area (Å²) < 4.78 is 0. The van der Waals surface area contributed by atoms with Crippen LogP contribution in [-0.2, 0) is 0 Å². The van der Waals surface area contributed by atoms with Crippen LogP contribution in [-0.4, -0.2) is 30.8 Å². The van der Waals surface area contributed by atoms with Crippen molar-refractivity contribution in [3.05, 3.63) is 0 Å². The molecule has 4 N–H and O–H groups in total. The van der Waals surface area contributed by atoms with E-state index in [9.17, 15) is 0 Å². The predicted octanol–water partition coefficient (Wildman–Crippen LogP) is 0.0415. The Bertz CT molecular complexity index is 141. The zero-order valence-electron chi connectivity index (χ0n) is 7.23. The largest absolute Gasteiger partial charge is 0.255 e. The molecule has 0 bridgehead atoms. The van der Waals surface area contributed by atoms with E-state index in [1.54, 1.807) is 0 Å². The van der Waals surface area contributed by atoms with E-state index in [0.717, 1.165) is 18.1 Å². The number of aliphatic imine (C=N–C) groups is 2. The highest BCUT2D eigenvalue weighted by atomic mass is 35.5. The lowest BCUT2D eigenvalue weighted by atomic mass is 10.4. The molecule has 0 rings (SSSR count). The third-order valence-electron chi connectivity index (χ3n) is 0.986. The van der Waals surface area contributed by atoms with Crippen molar-refractivity contribution in [2.24, 2.45) is 21.7 Å². The highest BCUT2D eigenvalue weighted by molar-refractivity contribution is 5.85. The molecule has 0 aromatic heterocycles. The number of hydrazine groups is 2. The van der Waals surface area contributed by atoms with Crippen LogP contribution >= 0.6 is 12.4 Å². The fraction of sp³-hybridized carbons (Fsp3) is 0.833. The van der Waals surface area contributed by atoms with E-state index in [0.29, 0.717) is 13.1 Å². The maximum Gasteiger partial charge on any atom is 0.0892 e. The van der Waals surface area contributed by atoms with Crippen LogP contribution in [0.15, 0.2) is 9.98 Å². The van der Waals surface area contributed by atoms with Crippen molar-refractivity contribution in [3.8, 4) is 0 Å². The van der Waals surface area contributed by atoms with Crippen LogP contribution in [0.25, 0.3) is 0 Å². The molecule has 6 heteroatoms. The van der Waals surface area contributed by atoms with Crippen LogP contribution in [0.4, 0.5) is 0 Å². The first kappa shape index (κ1) is 14.1. The van der Waals surface area contributed by atoms with E-state index in [-0.39, 0.29) is 12.4 Å². The van der Waals surface area contributed by atoms with Gasteiger partial charge in [-0.25, -0.2) is 9.98 Å². The second-order valence-electron chi connectivity index (χ2n) is 2.05. The molecule has 72 valence electrons. The zero-order chi connectivity index (χ0) is 8.53. The Morgan fingerprint density at radius 1 is 1.33 bits per heavy atom. The van der Waals surface area contributed by atoms with E-state index in [1.807, 2.05) is 6.92 Å². The molecule has 0 aliphatic heterocycles. The van der Waals surface area contributed by atoms with Crippen molar-refractivity contribution >= 4 is 18.4 Å². The third kappa shape index (κ3) is 12.2. The van der Waals surface area contributed by atoms with Gasteiger partial charge in [-0.3, -0.25) is 11.7 Å². The molecule has 0 atom stereocenters. The fourth-order valence-corrected chi connectivity index (χ4v) is 0.503. The number of nitrogens with two attached hydrogens (primary N) is 2. The minimum Gasteiger partial charge on any atom is -0.255 e. The first-order valence-corrected chi connectivity index (χ1v) is 3.62. The SMILES string of the molecule is CCN=C=NCCCN(N)N.Cl. The Hall–Kier alpha value is -0.450. The molecule has 0 aromatic rings. The summed E-state index contributed by atoms with van der Waals surface area (Å²) in [5.74, 6) is 10.3. The van der Waals surface area contributed by atoms with Crippen LogP contribution < -0.4 is 11.7 Å². The van der Waals surface area contributed by atoms with Gasteiger partial charge in [0.1, 0.15) is 0 Å². The van der Waals surface area contributed by atoms with E-state index >= 15 is 0 Å². The molecule has 0 aliphatic carbocycles. The van der Waals surface area contributed by atoms with Crippen molar-refractivity contribution in [3.63, 3.8) is 0 Å². The summed E-state index contributed by atoms with van der Waals surface area (Å²) in [5.41, 5.74) is 0. The number of hydrogen-bond acceptors (Lipinski definition) is 5. The lowest BCUT2D eigenvalue weighted by molar-refractivity contribution is 0.292. The maximum absolute atomic E-state index is 5.16. The molecule has 0 saturated carbocycles. The monoisotopic (exact) mass is 193 g/mol. The fourth-order valence-electron chi connectivity index (χ4n) is 0.503. The normalized spacial score (nSPS) is 8.67. The number of rotatable bonds is 5. The summed E-state index contributed by atoms with van der Waals surface area (Å²) in [5, 5.41) is 1.15. The number of hydrogen-bond donors (Lipinski definition) is 2.